The minimum atomic E-state index is 0.511. The fourth-order valence-corrected chi connectivity index (χ4v) is 2.98. The number of methoxy groups -OCH3 is 2. The zero-order valence-electron chi connectivity index (χ0n) is 14.2. The summed E-state index contributed by atoms with van der Waals surface area (Å²) in [5.41, 5.74) is 0.799. The van der Waals surface area contributed by atoms with Gasteiger partial charge in [-0.2, -0.15) is 4.98 Å². The highest BCUT2D eigenvalue weighted by Gasteiger charge is 2.14. The van der Waals surface area contributed by atoms with Crippen LogP contribution in [0.15, 0.2) is 30.5 Å². The van der Waals surface area contributed by atoms with Crippen LogP contribution in [0.25, 0.3) is 0 Å². The van der Waals surface area contributed by atoms with Crippen LogP contribution < -0.4 is 20.1 Å². The first-order valence-corrected chi connectivity index (χ1v) is 8.37. The summed E-state index contributed by atoms with van der Waals surface area (Å²) in [6, 6.07) is 8.01. The molecule has 1 aliphatic carbocycles. The van der Waals surface area contributed by atoms with Gasteiger partial charge in [0, 0.05) is 18.3 Å². The average molecular weight is 328 g/mol. The minimum Gasteiger partial charge on any atom is -0.497 e. The molecule has 0 atom stereocenters. The molecule has 6 heteroatoms. The molecule has 1 aromatic heterocycles. The molecule has 2 N–H and O–H groups in total. The number of nitrogens with zero attached hydrogens (tertiary/aromatic N) is 2. The Morgan fingerprint density at radius 3 is 2.62 bits per heavy atom. The maximum Gasteiger partial charge on any atom is 0.229 e. The maximum absolute atomic E-state index is 5.40. The van der Waals surface area contributed by atoms with E-state index in [1.807, 2.05) is 24.3 Å². The fraction of sp³-hybridized carbons (Fsp3) is 0.444. The summed E-state index contributed by atoms with van der Waals surface area (Å²) in [5, 5.41) is 6.72. The molecule has 0 bridgehead atoms. The van der Waals surface area contributed by atoms with Crippen molar-refractivity contribution in [1.82, 2.24) is 9.97 Å². The van der Waals surface area contributed by atoms with Gasteiger partial charge in [0.05, 0.1) is 19.9 Å². The number of hydrogen-bond donors (Lipinski definition) is 2. The van der Waals surface area contributed by atoms with E-state index in [9.17, 15) is 0 Å². The third-order valence-corrected chi connectivity index (χ3v) is 4.27. The molecule has 1 aromatic carbocycles. The lowest BCUT2D eigenvalue weighted by atomic mass is 9.95. The van der Waals surface area contributed by atoms with Crippen molar-refractivity contribution in [1.29, 1.82) is 0 Å². The smallest absolute Gasteiger partial charge is 0.229 e. The molecule has 0 spiro atoms. The van der Waals surface area contributed by atoms with Crippen LogP contribution in [0.5, 0.6) is 11.5 Å². The summed E-state index contributed by atoms with van der Waals surface area (Å²) in [7, 11) is 3.26. The van der Waals surface area contributed by atoms with Crippen molar-refractivity contribution >= 4 is 17.5 Å². The number of anilines is 3. The Labute approximate surface area is 142 Å². The zero-order valence-corrected chi connectivity index (χ0v) is 14.2. The van der Waals surface area contributed by atoms with E-state index in [1.165, 1.54) is 32.1 Å². The Kier molecular flexibility index (Phi) is 5.36. The summed E-state index contributed by atoms with van der Waals surface area (Å²) in [5.74, 6) is 2.82. The van der Waals surface area contributed by atoms with Gasteiger partial charge in [-0.25, -0.2) is 4.98 Å². The predicted octanol–water partition coefficient (Wildman–Crippen LogP) is 3.98. The van der Waals surface area contributed by atoms with E-state index in [-0.39, 0.29) is 0 Å². The van der Waals surface area contributed by atoms with Crippen LogP contribution in [0.2, 0.25) is 0 Å². The molecule has 1 fully saturated rings. The standard InChI is InChI=1S/C18H24N4O2/c1-23-14-8-9-15(16(12-14)24-2)21-18-19-11-10-17(22-18)20-13-6-4-3-5-7-13/h8-13H,3-7H2,1-2H3,(H2,19,20,21,22). The zero-order chi connectivity index (χ0) is 16.8. The summed E-state index contributed by atoms with van der Waals surface area (Å²) in [6.45, 7) is 0. The maximum atomic E-state index is 5.40. The number of benzene rings is 1. The topological polar surface area (TPSA) is 68.3 Å². The molecule has 3 rings (SSSR count). The molecule has 0 unspecified atom stereocenters. The van der Waals surface area contributed by atoms with Crippen molar-refractivity contribution in [3.05, 3.63) is 30.5 Å². The Hall–Kier alpha value is -2.50. The van der Waals surface area contributed by atoms with E-state index in [2.05, 4.69) is 20.6 Å². The quantitative estimate of drug-likeness (QED) is 0.836. The van der Waals surface area contributed by atoms with E-state index >= 15 is 0 Å². The van der Waals surface area contributed by atoms with Gasteiger partial charge in [0.2, 0.25) is 5.95 Å². The van der Waals surface area contributed by atoms with Gasteiger partial charge in [-0.3, -0.25) is 0 Å². The highest BCUT2D eigenvalue weighted by Crippen LogP contribution is 2.30. The Morgan fingerprint density at radius 2 is 1.88 bits per heavy atom. The number of nitrogens with one attached hydrogen (secondary N) is 2. The van der Waals surface area contributed by atoms with Crippen molar-refractivity contribution in [3.63, 3.8) is 0 Å². The third kappa shape index (κ3) is 4.07. The molecule has 1 aliphatic rings. The minimum absolute atomic E-state index is 0.511. The Bertz CT molecular complexity index is 672. The van der Waals surface area contributed by atoms with Crippen LogP contribution in [-0.4, -0.2) is 30.2 Å². The van der Waals surface area contributed by atoms with Crippen molar-refractivity contribution in [2.45, 2.75) is 38.1 Å². The highest BCUT2D eigenvalue weighted by atomic mass is 16.5. The van der Waals surface area contributed by atoms with Gasteiger partial charge in [-0.15, -0.1) is 0 Å². The summed E-state index contributed by atoms with van der Waals surface area (Å²) >= 11 is 0. The monoisotopic (exact) mass is 328 g/mol. The average Bonchev–Trinajstić information content (AvgIpc) is 2.63. The Balaban J connectivity index is 1.72. The molecule has 0 saturated heterocycles. The summed E-state index contributed by atoms with van der Waals surface area (Å²) < 4.78 is 10.6. The van der Waals surface area contributed by atoms with Gasteiger partial charge in [-0.1, -0.05) is 19.3 Å². The Morgan fingerprint density at radius 1 is 1.04 bits per heavy atom. The van der Waals surface area contributed by atoms with Crippen LogP contribution in [-0.2, 0) is 0 Å². The van der Waals surface area contributed by atoms with Gasteiger partial charge in [-0.05, 0) is 31.0 Å². The summed E-state index contributed by atoms with van der Waals surface area (Å²) in [6.07, 6.45) is 8.09. The molecule has 128 valence electrons. The molecular formula is C18H24N4O2. The third-order valence-electron chi connectivity index (χ3n) is 4.27. The van der Waals surface area contributed by atoms with Gasteiger partial charge in [0.25, 0.3) is 0 Å². The normalized spacial score (nSPS) is 14.9. The lowest BCUT2D eigenvalue weighted by molar-refractivity contribution is 0.395. The number of ether oxygens (including phenoxy) is 2. The molecular weight excluding hydrogens is 304 g/mol. The van der Waals surface area contributed by atoms with E-state index in [4.69, 9.17) is 9.47 Å². The molecule has 2 aromatic rings. The van der Waals surface area contributed by atoms with Crippen LogP contribution >= 0.6 is 0 Å². The summed E-state index contributed by atoms with van der Waals surface area (Å²) in [4.78, 5) is 8.86. The van der Waals surface area contributed by atoms with Gasteiger partial charge in [0.1, 0.15) is 17.3 Å². The van der Waals surface area contributed by atoms with Crippen LogP contribution in [0, 0.1) is 0 Å². The van der Waals surface area contributed by atoms with Crippen molar-refractivity contribution in [2.24, 2.45) is 0 Å². The van der Waals surface area contributed by atoms with Crippen LogP contribution in [0.1, 0.15) is 32.1 Å². The predicted molar refractivity (Wildman–Crippen MR) is 95.4 cm³/mol. The second-order valence-corrected chi connectivity index (χ2v) is 5.94. The highest BCUT2D eigenvalue weighted by molar-refractivity contribution is 5.64. The van der Waals surface area contributed by atoms with Crippen molar-refractivity contribution < 1.29 is 9.47 Å². The SMILES string of the molecule is COc1ccc(Nc2nccc(NC3CCCCC3)n2)c(OC)c1. The number of rotatable bonds is 6. The van der Waals surface area contributed by atoms with Crippen LogP contribution in [0.4, 0.5) is 17.5 Å². The lowest BCUT2D eigenvalue weighted by Crippen LogP contribution is -2.22. The van der Waals surface area contributed by atoms with Gasteiger partial charge < -0.3 is 20.1 Å². The molecule has 0 amide bonds. The van der Waals surface area contributed by atoms with Crippen molar-refractivity contribution in [2.75, 3.05) is 24.9 Å². The van der Waals surface area contributed by atoms with Crippen molar-refractivity contribution in [3.8, 4) is 11.5 Å². The first kappa shape index (κ1) is 16.4. The molecule has 1 saturated carbocycles. The molecule has 1 heterocycles. The second-order valence-electron chi connectivity index (χ2n) is 5.94. The molecule has 6 nitrogen and oxygen atoms in total. The van der Waals surface area contributed by atoms with E-state index < -0.39 is 0 Å². The van der Waals surface area contributed by atoms with E-state index in [1.54, 1.807) is 20.4 Å². The second kappa shape index (κ2) is 7.86. The van der Waals surface area contributed by atoms with Gasteiger partial charge in [0.15, 0.2) is 0 Å². The first-order chi connectivity index (χ1) is 11.8. The largest absolute Gasteiger partial charge is 0.497 e. The fourth-order valence-electron chi connectivity index (χ4n) is 2.98. The molecule has 0 radical (unpaired) electrons. The van der Waals surface area contributed by atoms with Crippen LogP contribution in [0.3, 0.4) is 0 Å². The lowest BCUT2D eigenvalue weighted by Gasteiger charge is -2.23. The van der Waals surface area contributed by atoms with E-state index in [0.29, 0.717) is 17.7 Å². The number of aromatic nitrogens is 2. The number of hydrogen-bond acceptors (Lipinski definition) is 6. The molecule has 24 heavy (non-hydrogen) atoms. The van der Waals surface area contributed by atoms with Gasteiger partial charge >= 0.3 is 0 Å². The molecule has 0 aliphatic heterocycles. The van der Waals surface area contributed by atoms with E-state index in [0.717, 1.165) is 17.3 Å². The first-order valence-electron chi connectivity index (χ1n) is 8.37.